The van der Waals surface area contributed by atoms with Crippen molar-refractivity contribution < 1.29 is 9.53 Å². The van der Waals surface area contributed by atoms with Gasteiger partial charge in [-0.25, -0.2) is 0 Å². The molecule has 122 valence electrons. The summed E-state index contributed by atoms with van der Waals surface area (Å²) >= 11 is 0. The third kappa shape index (κ3) is 3.17. The van der Waals surface area contributed by atoms with E-state index in [-0.39, 0.29) is 18.1 Å². The van der Waals surface area contributed by atoms with Crippen molar-refractivity contribution >= 4 is 5.91 Å². The molecule has 0 spiro atoms. The van der Waals surface area contributed by atoms with E-state index in [0.29, 0.717) is 25.7 Å². The van der Waals surface area contributed by atoms with E-state index in [1.54, 1.807) is 0 Å². The molecule has 3 heterocycles. The lowest BCUT2D eigenvalue weighted by molar-refractivity contribution is -0.145. The largest absolute Gasteiger partial charge is 0.372 e. The lowest BCUT2D eigenvalue weighted by Crippen LogP contribution is -2.55. The van der Waals surface area contributed by atoms with E-state index in [9.17, 15) is 4.79 Å². The van der Waals surface area contributed by atoms with E-state index < -0.39 is 0 Å². The van der Waals surface area contributed by atoms with E-state index in [1.165, 1.54) is 5.69 Å². The average Bonchev–Trinajstić information content (AvgIpc) is 2.70. The molecular formula is C16H26N4O2. The number of likely N-dealkylation sites (tertiary alicyclic amines) is 1. The highest BCUT2D eigenvalue weighted by atomic mass is 16.5. The van der Waals surface area contributed by atoms with Crippen LogP contribution >= 0.6 is 0 Å². The number of hydrogen-bond donors (Lipinski definition) is 0. The fraction of sp³-hybridized carbons (Fsp3) is 0.750. The number of ether oxygens (including phenoxy) is 1. The molecule has 0 aliphatic carbocycles. The number of amides is 1. The molecule has 1 aromatic rings. The highest BCUT2D eigenvalue weighted by Gasteiger charge is 2.33. The van der Waals surface area contributed by atoms with Crippen LogP contribution in [0.5, 0.6) is 0 Å². The highest BCUT2D eigenvalue weighted by Crippen LogP contribution is 2.23. The Kier molecular flexibility index (Phi) is 4.23. The minimum atomic E-state index is 0.131. The Bertz CT molecular complexity index is 540. The summed E-state index contributed by atoms with van der Waals surface area (Å²) in [6.45, 7) is 11.9. The second kappa shape index (κ2) is 6.01. The van der Waals surface area contributed by atoms with Crippen LogP contribution in [0.2, 0.25) is 0 Å². The smallest absolute Gasteiger partial charge is 0.236 e. The van der Waals surface area contributed by atoms with E-state index in [1.807, 2.05) is 25.7 Å². The maximum atomic E-state index is 12.4. The van der Waals surface area contributed by atoms with Crippen molar-refractivity contribution in [2.75, 3.05) is 32.7 Å². The first kappa shape index (κ1) is 15.5. The van der Waals surface area contributed by atoms with Gasteiger partial charge in [-0.1, -0.05) is 0 Å². The van der Waals surface area contributed by atoms with Gasteiger partial charge in [-0.05, 0) is 33.8 Å². The number of aryl methyl sites for hydroxylation is 2. The topological polar surface area (TPSA) is 50.6 Å². The molecule has 0 saturated carbocycles. The molecule has 2 atom stereocenters. The zero-order valence-corrected chi connectivity index (χ0v) is 14.0. The predicted octanol–water partition coefficient (Wildman–Crippen LogP) is 0.992. The van der Waals surface area contributed by atoms with Crippen molar-refractivity contribution in [3.8, 4) is 0 Å². The highest BCUT2D eigenvalue weighted by molar-refractivity contribution is 5.78. The molecule has 6 nitrogen and oxygen atoms in total. The second-order valence-corrected chi connectivity index (χ2v) is 6.78. The quantitative estimate of drug-likeness (QED) is 0.836. The lowest BCUT2D eigenvalue weighted by Gasteiger charge is -2.41. The van der Waals surface area contributed by atoms with E-state index >= 15 is 0 Å². The summed E-state index contributed by atoms with van der Waals surface area (Å²) < 4.78 is 7.78. The zero-order chi connectivity index (χ0) is 15.9. The van der Waals surface area contributed by atoms with Crippen molar-refractivity contribution in [3.05, 3.63) is 17.5 Å². The number of nitrogens with zero attached hydrogens (tertiary/aromatic N) is 4. The second-order valence-electron chi connectivity index (χ2n) is 6.78. The fourth-order valence-electron chi connectivity index (χ4n) is 3.51. The van der Waals surface area contributed by atoms with Crippen LogP contribution in [-0.4, -0.2) is 70.4 Å². The zero-order valence-electron chi connectivity index (χ0n) is 14.0. The number of hydrogen-bond acceptors (Lipinski definition) is 4. The van der Waals surface area contributed by atoms with Gasteiger partial charge in [0, 0.05) is 31.9 Å². The van der Waals surface area contributed by atoms with Gasteiger partial charge >= 0.3 is 0 Å². The van der Waals surface area contributed by atoms with Gasteiger partial charge in [-0.15, -0.1) is 0 Å². The number of carbonyl (C=O) groups excluding carboxylic acids is 1. The molecule has 0 bridgehead atoms. The Morgan fingerprint density at radius 3 is 2.41 bits per heavy atom. The normalized spacial score (nSPS) is 27.0. The van der Waals surface area contributed by atoms with Crippen molar-refractivity contribution in [2.45, 2.75) is 45.9 Å². The van der Waals surface area contributed by atoms with Gasteiger partial charge in [0.15, 0.2) is 0 Å². The summed E-state index contributed by atoms with van der Waals surface area (Å²) in [5, 5.41) is 4.53. The Hall–Kier alpha value is -1.40. The molecule has 2 aliphatic rings. The molecule has 1 aromatic heterocycles. The van der Waals surface area contributed by atoms with Gasteiger partial charge < -0.3 is 9.64 Å². The van der Waals surface area contributed by atoms with Crippen LogP contribution in [-0.2, 0) is 9.53 Å². The number of rotatable bonds is 3. The molecule has 2 fully saturated rings. The molecule has 0 radical (unpaired) electrons. The molecule has 6 heteroatoms. The Morgan fingerprint density at radius 1 is 1.23 bits per heavy atom. The van der Waals surface area contributed by atoms with Crippen LogP contribution in [0.4, 0.5) is 0 Å². The first-order valence-corrected chi connectivity index (χ1v) is 8.10. The summed E-state index contributed by atoms with van der Waals surface area (Å²) in [6.07, 6.45) is 0.262. The predicted molar refractivity (Wildman–Crippen MR) is 83.8 cm³/mol. The minimum Gasteiger partial charge on any atom is -0.372 e. The first-order chi connectivity index (χ1) is 10.4. The van der Waals surface area contributed by atoms with Crippen LogP contribution in [0, 0.1) is 13.8 Å². The Labute approximate surface area is 132 Å². The summed E-state index contributed by atoms with van der Waals surface area (Å²) in [4.78, 5) is 16.6. The molecule has 0 aromatic carbocycles. The van der Waals surface area contributed by atoms with Gasteiger partial charge in [0.25, 0.3) is 0 Å². The van der Waals surface area contributed by atoms with Crippen LogP contribution in [0.3, 0.4) is 0 Å². The summed E-state index contributed by atoms with van der Waals surface area (Å²) in [5.41, 5.74) is 2.26. The SMILES string of the molecule is Cc1cc(C)n(C2CN(CC(=O)N3C[C@@H](C)O[C@@H](C)C3)C2)n1. The Balaban J connectivity index is 1.49. The van der Waals surface area contributed by atoms with E-state index in [2.05, 4.69) is 27.7 Å². The molecule has 2 saturated heterocycles. The maximum absolute atomic E-state index is 12.4. The molecule has 0 unspecified atom stereocenters. The maximum Gasteiger partial charge on any atom is 0.236 e. The van der Waals surface area contributed by atoms with Crippen LogP contribution < -0.4 is 0 Å². The van der Waals surface area contributed by atoms with E-state index in [0.717, 1.165) is 18.8 Å². The minimum absolute atomic E-state index is 0.131. The molecule has 0 N–H and O–H groups in total. The standard InChI is InChI=1S/C16H26N4O2/c1-11-5-12(2)20(17-11)15-8-18(9-15)10-16(21)19-6-13(3)22-14(4)7-19/h5,13-15H,6-10H2,1-4H3/t13-,14+. The monoisotopic (exact) mass is 306 g/mol. The number of aromatic nitrogens is 2. The van der Waals surface area contributed by atoms with Crippen molar-refractivity contribution in [3.63, 3.8) is 0 Å². The van der Waals surface area contributed by atoms with Crippen molar-refractivity contribution in [2.24, 2.45) is 0 Å². The first-order valence-electron chi connectivity index (χ1n) is 8.10. The van der Waals surface area contributed by atoms with Crippen molar-refractivity contribution in [1.29, 1.82) is 0 Å². The van der Waals surface area contributed by atoms with Crippen LogP contribution in [0.15, 0.2) is 6.07 Å². The molecule has 22 heavy (non-hydrogen) atoms. The van der Waals surface area contributed by atoms with Gasteiger partial charge in [-0.2, -0.15) is 5.10 Å². The number of morpholine rings is 1. The van der Waals surface area contributed by atoms with Gasteiger partial charge in [-0.3, -0.25) is 14.4 Å². The summed E-state index contributed by atoms with van der Waals surface area (Å²) in [6, 6.07) is 2.51. The molecule has 2 aliphatic heterocycles. The molecular weight excluding hydrogens is 280 g/mol. The summed E-state index contributed by atoms with van der Waals surface area (Å²) in [7, 11) is 0. The molecule has 3 rings (SSSR count). The van der Waals surface area contributed by atoms with Crippen molar-refractivity contribution in [1.82, 2.24) is 19.6 Å². The van der Waals surface area contributed by atoms with Gasteiger partial charge in [0.1, 0.15) is 0 Å². The van der Waals surface area contributed by atoms with E-state index in [4.69, 9.17) is 4.74 Å². The van der Waals surface area contributed by atoms with Gasteiger partial charge in [0.2, 0.25) is 5.91 Å². The summed E-state index contributed by atoms with van der Waals surface area (Å²) in [5.74, 6) is 0.216. The van der Waals surface area contributed by atoms with Gasteiger partial charge in [0.05, 0.1) is 30.5 Å². The number of carbonyl (C=O) groups is 1. The average molecular weight is 306 g/mol. The third-order valence-electron chi connectivity index (χ3n) is 4.46. The molecule has 1 amide bonds. The Morgan fingerprint density at radius 2 is 1.86 bits per heavy atom. The van der Waals surface area contributed by atoms with Crippen LogP contribution in [0.25, 0.3) is 0 Å². The van der Waals surface area contributed by atoms with Crippen LogP contribution in [0.1, 0.15) is 31.3 Å². The third-order valence-corrected chi connectivity index (χ3v) is 4.46. The lowest BCUT2D eigenvalue weighted by atomic mass is 10.1. The fourth-order valence-corrected chi connectivity index (χ4v) is 3.51.